The minimum Gasteiger partial charge on any atom is -0.372 e. The second kappa shape index (κ2) is 11.1. The molecule has 0 N–H and O–H groups in total. The Labute approximate surface area is 174 Å². The topological polar surface area (TPSA) is 72.7 Å². The Morgan fingerprint density at radius 2 is 1.83 bits per heavy atom. The maximum Gasteiger partial charge on any atom is 0.269 e. The average molecular weight is 403 g/mol. The van der Waals surface area contributed by atoms with Gasteiger partial charge in [0.1, 0.15) is 5.60 Å². The number of unbranched alkanes of at least 4 members (excludes halogenated alkanes) is 3. The normalized spacial score (nSPS) is 17.1. The van der Waals surface area contributed by atoms with Crippen molar-refractivity contribution in [2.24, 2.45) is 0 Å². The van der Waals surface area contributed by atoms with Gasteiger partial charge >= 0.3 is 0 Å². The first-order valence-corrected chi connectivity index (χ1v) is 10.7. The monoisotopic (exact) mass is 402 g/mol. The summed E-state index contributed by atoms with van der Waals surface area (Å²) in [6.45, 7) is 6.11. The number of nitrogens with zero attached hydrogens (tertiary/aromatic N) is 2. The van der Waals surface area contributed by atoms with Crippen molar-refractivity contribution < 1.29 is 14.5 Å². The van der Waals surface area contributed by atoms with E-state index in [-0.39, 0.29) is 11.5 Å². The maximum atomic E-state index is 13.0. The summed E-state index contributed by atoms with van der Waals surface area (Å²) >= 11 is 0. The second-order valence-corrected chi connectivity index (χ2v) is 7.99. The molecule has 1 unspecified atom stereocenters. The zero-order chi connectivity index (χ0) is 21.3. The molecule has 0 spiro atoms. The van der Waals surface area contributed by atoms with Crippen molar-refractivity contribution in [1.29, 1.82) is 0 Å². The van der Waals surface area contributed by atoms with E-state index in [4.69, 9.17) is 4.74 Å². The molecule has 160 valence electrons. The van der Waals surface area contributed by atoms with Crippen LogP contribution in [0.3, 0.4) is 0 Å². The lowest BCUT2D eigenvalue weighted by Crippen LogP contribution is -2.42. The van der Waals surface area contributed by atoms with E-state index in [1.807, 2.05) is 0 Å². The number of piperidine rings is 1. The third kappa shape index (κ3) is 6.39. The standard InChI is InChI=1S/C23H34N2O4/c1-4-5-6-8-15-23(2,29-3)22(24-16-9-7-10-17-24)18-21(26)19-11-13-20(14-12-19)25(27)28/h11-14,18H,4-10,15-17H2,1-3H3. The van der Waals surface area contributed by atoms with E-state index in [1.165, 1.54) is 43.5 Å². The fourth-order valence-corrected chi connectivity index (χ4v) is 3.89. The van der Waals surface area contributed by atoms with Crippen molar-refractivity contribution in [2.75, 3.05) is 20.2 Å². The van der Waals surface area contributed by atoms with Crippen molar-refractivity contribution in [3.05, 3.63) is 51.7 Å². The molecule has 29 heavy (non-hydrogen) atoms. The van der Waals surface area contributed by atoms with Gasteiger partial charge in [-0.1, -0.05) is 32.6 Å². The molecule has 1 aliphatic heterocycles. The lowest BCUT2D eigenvalue weighted by atomic mass is 9.90. The molecule has 1 aliphatic rings. The largest absolute Gasteiger partial charge is 0.372 e. The highest BCUT2D eigenvalue weighted by Crippen LogP contribution is 2.32. The van der Waals surface area contributed by atoms with Crippen LogP contribution in [0.25, 0.3) is 0 Å². The summed E-state index contributed by atoms with van der Waals surface area (Å²) in [7, 11) is 1.72. The van der Waals surface area contributed by atoms with Gasteiger partial charge in [0.05, 0.1) is 4.92 Å². The predicted molar refractivity (Wildman–Crippen MR) is 115 cm³/mol. The van der Waals surface area contributed by atoms with Gasteiger partial charge in [-0.25, -0.2) is 0 Å². The summed E-state index contributed by atoms with van der Waals surface area (Å²) in [6, 6.07) is 5.80. The molecular weight excluding hydrogens is 368 g/mol. The van der Waals surface area contributed by atoms with Crippen LogP contribution >= 0.6 is 0 Å². The molecule has 6 nitrogen and oxygen atoms in total. The van der Waals surface area contributed by atoms with Gasteiger partial charge < -0.3 is 9.64 Å². The summed E-state index contributed by atoms with van der Waals surface area (Å²) in [5.74, 6) is -0.141. The highest BCUT2D eigenvalue weighted by molar-refractivity contribution is 6.05. The van der Waals surface area contributed by atoms with Crippen LogP contribution in [0.4, 0.5) is 5.69 Å². The van der Waals surface area contributed by atoms with Gasteiger partial charge in [0.15, 0.2) is 5.78 Å². The number of carbonyl (C=O) groups is 1. The van der Waals surface area contributed by atoms with Crippen molar-refractivity contribution in [2.45, 2.75) is 70.8 Å². The van der Waals surface area contributed by atoms with Crippen LogP contribution in [0.1, 0.15) is 75.6 Å². The summed E-state index contributed by atoms with van der Waals surface area (Å²) in [4.78, 5) is 25.7. The molecule has 2 rings (SSSR count). The number of likely N-dealkylation sites (tertiary alicyclic amines) is 1. The molecule has 1 saturated heterocycles. The number of hydrogen-bond acceptors (Lipinski definition) is 5. The van der Waals surface area contributed by atoms with Crippen LogP contribution in [-0.4, -0.2) is 41.4 Å². The third-order valence-electron chi connectivity index (χ3n) is 5.83. The molecular formula is C23H34N2O4. The van der Waals surface area contributed by atoms with Crippen LogP contribution in [0, 0.1) is 10.1 Å². The molecule has 0 aromatic heterocycles. The Bertz CT molecular complexity index is 708. The average Bonchev–Trinajstić information content (AvgIpc) is 2.75. The number of hydrogen-bond donors (Lipinski definition) is 0. The number of benzene rings is 1. The number of nitro groups is 1. The van der Waals surface area contributed by atoms with Crippen molar-refractivity contribution in [3.8, 4) is 0 Å². The van der Waals surface area contributed by atoms with Crippen LogP contribution in [0.2, 0.25) is 0 Å². The first-order chi connectivity index (χ1) is 13.9. The van der Waals surface area contributed by atoms with Gasteiger partial charge in [0, 0.05) is 49.7 Å². The maximum absolute atomic E-state index is 13.0. The summed E-state index contributed by atoms with van der Waals surface area (Å²) in [5, 5.41) is 10.9. The molecule has 0 amide bonds. The van der Waals surface area contributed by atoms with E-state index in [0.717, 1.165) is 50.9 Å². The van der Waals surface area contributed by atoms with Crippen LogP contribution < -0.4 is 0 Å². The van der Waals surface area contributed by atoms with Gasteiger partial charge in [-0.3, -0.25) is 14.9 Å². The van der Waals surface area contributed by atoms with E-state index >= 15 is 0 Å². The lowest BCUT2D eigenvalue weighted by Gasteiger charge is -2.40. The SMILES string of the molecule is CCCCCCC(C)(OC)C(=CC(=O)c1ccc([N+](=O)[O-])cc1)N1CCCCC1. The zero-order valence-electron chi connectivity index (χ0n) is 18.0. The first-order valence-electron chi connectivity index (χ1n) is 10.7. The minimum atomic E-state index is -0.526. The number of ether oxygens (including phenoxy) is 1. The van der Waals surface area contributed by atoms with Gasteiger partial charge in [0.25, 0.3) is 5.69 Å². The molecule has 6 heteroatoms. The van der Waals surface area contributed by atoms with E-state index in [1.54, 1.807) is 13.2 Å². The minimum absolute atomic E-state index is 0.0144. The highest BCUT2D eigenvalue weighted by atomic mass is 16.6. The number of methoxy groups -OCH3 is 1. The Morgan fingerprint density at radius 1 is 1.17 bits per heavy atom. The number of nitro benzene ring substituents is 1. The zero-order valence-corrected chi connectivity index (χ0v) is 18.0. The van der Waals surface area contributed by atoms with Gasteiger partial charge in [-0.05, 0) is 44.7 Å². The predicted octanol–water partition coefficient (Wildman–Crippen LogP) is 5.52. The molecule has 0 radical (unpaired) electrons. The van der Waals surface area contributed by atoms with Gasteiger partial charge in [-0.15, -0.1) is 0 Å². The fraction of sp³-hybridized carbons (Fsp3) is 0.609. The Balaban J connectivity index is 2.29. The van der Waals surface area contributed by atoms with Crippen LogP contribution in [0.15, 0.2) is 36.0 Å². The van der Waals surface area contributed by atoms with Gasteiger partial charge in [0.2, 0.25) is 0 Å². The number of ketones is 1. The van der Waals surface area contributed by atoms with Crippen LogP contribution in [0.5, 0.6) is 0 Å². The van der Waals surface area contributed by atoms with Crippen LogP contribution in [-0.2, 0) is 4.74 Å². The quantitative estimate of drug-likeness (QED) is 0.160. The van der Waals surface area contributed by atoms with Crippen molar-refractivity contribution in [1.82, 2.24) is 4.90 Å². The summed E-state index contributed by atoms with van der Waals surface area (Å²) in [6.07, 6.45) is 10.6. The van der Waals surface area contributed by atoms with Crippen molar-refractivity contribution in [3.63, 3.8) is 0 Å². The van der Waals surface area contributed by atoms with E-state index in [9.17, 15) is 14.9 Å². The molecule has 0 bridgehead atoms. The number of rotatable bonds is 11. The van der Waals surface area contributed by atoms with Gasteiger partial charge in [-0.2, -0.15) is 0 Å². The fourth-order valence-electron chi connectivity index (χ4n) is 3.89. The molecule has 1 atom stereocenters. The van der Waals surface area contributed by atoms with E-state index in [0.29, 0.717) is 5.56 Å². The molecule has 1 heterocycles. The third-order valence-corrected chi connectivity index (χ3v) is 5.83. The number of carbonyl (C=O) groups excluding carboxylic acids is 1. The highest BCUT2D eigenvalue weighted by Gasteiger charge is 2.33. The summed E-state index contributed by atoms with van der Waals surface area (Å²) in [5.41, 5.74) is 0.843. The van der Waals surface area contributed by atoms with E-state index in [2.05, 4.69) is 18.7 Å². The molecule has 1 aromatic rings. The lowest BCUT2D eigenvalue weighted by molar-refractivity contribution is -0.384. The van der Waals surface area contributed by atoms with Crippen molar-refractivity contribution >= 4 is 11.5 Å². The first kappa shape index (κ1) is 23.1. The molecule has 0 saturated carbocycles. The molecule has 1 aromatic carbocycles. The van der Waals surface area contributed by atoms with E-state index < -0.39 is 10.5 Å². The molecule has 1 fully saturated rings. The smallest absolute Gasteiger partial charge is 0.269 e. The number of allylic oxidation sites excluding steroid dienone is 1. The number of non-ortho nitro benzene ring substituents is 1. The Kier molecular flexibility index (Phi) is 8.83. The Morgan fingerprint density at radius 3 is 2.38 bits per heavy atom. The Hall–Kier alpha value is -2.21. The molecule has 0 aliphatic carbocycles. The second-order valence-electron chi connectivity index (χ2n) is 7.99. The summed E-state index contributed by atoms with van der Waals surface area (Å²) < 4.78 is 5.97.